The summed E-state index contributed by atoms with van der Waals surface area (Å²) < 4.78 is 23.9. The summed E-state index contributed by atoms with van der Waals surface area (Å²) in [5, 5.41) is 14.5. The number of fused-ring (bicyclic) bond motifs is 3. The number of carboxylic acid groups (broad SMARTS) is 1. The molecule has 0 saturated heterocycles. The van der Waals surface area contributed by atoms with E-state index in [4.69, 9.17) is 0 Å². The second-order valence-electron chi connectivity index (χ2n) is 6.73. The van der Waals surface area contributed by atoms with Crippen LogP contribution >= 0.6 is 11.3 Å². The molecule has 2 aromatic rings. The minimum atomic E-state index is -3.33. The number of thiazole rings is 1. The van der Waals surface area contributed by atoms with Crippen molar-refractivity contribution in [2.24, 2.45) is 23.7 Å². The first kappa shape index (κ1) is 17.2. The molecule has 1 N–H and O–H groups in total. The third kappa shape index (κ3) is 2.80. The van der Waals surface area contributed by atoms with E-state index in [2.05, 4.69) is 10.3 Å². The lowest BCUT2D eigenvalue weighted by atomic mass is 9.82. The highest BCUT2D eigenvalue weighted by molar-refractivity contribution is 7.90. The Kier molecular flexibility index (Phi) is 3.89. The predicted molar refractivity (Wildman–Crippen MR) is 94.1 cm³/mol. The van der Waals surface area contributed by atoms with Gasteiger partial charge in [-0.3, -0.25) is 4.79 Å². The van der Waals surface area contributed by atoms with Gasteiger partial charge in [-0.15, -0.1) is 0 Å². The van der Waals surface area contributed by atoms with Gasteiger partial charge in [0.1, 0.15) is 0 Å². The van der Waals surface area contributed by atoms with Crippen LogP contribution in [0.5, 0.6) is 0 Å². The van der Waals surface area contributed by atoms with E-state index in [9.17, 15) is 23.1 Å². The van der Waals surface area contributed by atoms with Crippen molar-refractivity contribution >= 4 is 48.4 Å². The van der Waals surface area contributed by atoms with Crippen molar-refractivity contribution in [2.75, 3.05) is 11.6 Å². The molecule has 1 aromatic heterocycles. The number of carbonyl (C=O) groups is 2. The number of carbonyl (C=O) groups excluding carboxylic acids is 2. The maximum atomic E-state index is 12.7. The molecule has 1 heterocycles. The van der Waals surface area contributed by atoms with Gasteiger partial charge in [0.2, 0.25) is 5.91 Å². The standard InChI is InChI=1S/C17H16N2O5S2/c1-26(23,24)10-4-5-11-12(7-10)25-17(18-11)19-15(20)13-8-2-3-9(6-8)14(13)16(21)22/h2-5,7-9,13-14H,6H2,1H3,(H,21,22)(H,18,19,20)/p-1/t8-,9+,13-,14+/m1/s1. The maximum absolute atomic E-state index is 12.7. The minimum absolute atomic E-state index is 0.103. The molecular weight excluding hydrogens is 376 g/mol. The third-order valence-electron chi connectivity index (χ3n) is 5.05. The number of benzene rings is 1. The molecule has 0 aliphatic heterocycles. The van der Waals surface area contributed by atoms with E-state index < -0.39 is 33.5 Å². The highest BCUT2D eigenvalue weighted by Crippen LogP contribution is 2.48. The molecule has 1 aromatic carbocycles. The molecule has 7 nitrogen and oxygen atoms in total. The fraction of sp³-hybridized carbons (Fsp3) is 0.353. The Morgan fingerprint density at radius 3 is 2.58 bits per heavy atom. The zero-order chi connectivity index (χ0) is 18.6. The average molecular weight is 391 g/mol. The highest BCUT2D eigenvalue weighted by Gasteiger charge is 2.48. The van der Waals surface area contributed by atoms with Crippen molar-refractivity contribution in [3.63, 3.8) is 0 Å². The van der Waals surface area contributed by atoms with Crippen LogP contribution in [0.2, 0.25) is 0 Å². The van der Waals surface area contributed by atoms with E-state index in [1.807, 2.05) is 12.2 Å². The predicted octanol–water partition coefficient (Wildman–Crippen LogP) is 0.826. The number of rotatable bonds is 4. The van der Waals surface area contributed by atoms with Crippen LogP contribution in [0.25, 0.3) is 10.2 Å². The Hall–Kier alpha value is -2.26. The number of aromatic nitrogens is 1. The lowest BCUT2D eigenvalue weighted by Gasteiger charge is -2.27. The molecule has 136 valence electrons. The summed E-state index contributed by atoms with van der Waals surface area (Å²) in [6, 6.07) is 4.57. The van der Waals surface area contributed by atoms with Crippen LogP contribution < -0.4 is 10.4 Å². The number of hydrogen-bond donors (Lipinski definition) is 1. The Bertz CT molecular complexity index is 1060. The number of nitrogens with one attached hydrogen (secondary N) is 1. The average Bonchev–Trinajstić information content (AvgIpc) is 3.25. The summed E-state index contributed by atoms with van der Waals surface area (Å²) in [5.74, 6) is -3.35. The monoisotopic (exact) mass is 391 g/mol. The molecule has 1 amide bonds. The molecule has 2 bridgehead atoms. The van der Waals surface area contributed by atoms with E-state index >= 15 is 0 Å². The molecular formula is C17H15N2O5S2-. The largest absolute Gasteiger partial charge is 0.550 e. The van der Waals surface area contributed by atoms with E-state index in [1.54, 1.807) is 6.07 Å². The third-order valence-corrected chi connectivity index (χ3v) is 7.10. The maximum Gasteiger partial charge on any atom is 0.230 e. The number of amides is 1. The highest BCUT2D eigenvalue weighted by atomic mass is 32.2. The van der Waals surface area contributed by atoms with Crippen molar-refractivity contribution in [2.45, 2.75) is 11.3 Å². The molecule has 1 saturated carbocycles. The van der Waals surface area contributed by atoms with Gasteiger partial charge in [-0.1, -0.05) is 23.5 Å². The number of allylic oxidation sites excluding steroid dienone is 2. The quantitative estimate of drug-likeness (QED) is 0.772. The van der Waals surface area contributed by atoms with Gasteiger partial charge in [0.25, 0.3) is 0 Å². The fourth-order valence-corrected chi connectivity index (χ4v) is 5.51. The van der Waals surface area contributed by atoms with Crippen molar-refractivity contribution in [1.82, 2.24) is 4.98 Å². The van der Waals surface area contributed by atoms with Crippen molar-refractivity contribution < 1.29 is 23.1 Å². The summed E-state index contributed by atoms with van der Waals surface area (Å²) in [7, 11) is -3.33. The number of sulfone groups is 1. The number of anilines is 1. The number of hydrogen-bond acceptors (Lipinski definition) is 7. The molecule has 2 aliphatic carbocycles. The van der Waals surface area contributed by atoms with Crippen LogP contribution in [0.1, 0.15) is 6.42 Å². The van der Waals surface area contributed by atoms with Gasteiger partial charge in [-0.2, -0.15) is 0 Å². The fourth-order valence-electron chi connectivity index (χ4n) is 3.88. The number of aliphatic carboxylic acids is 1. The van der Waals surface area contributed by atoms with Crippen LogP contribution in [0, 0.1) is 23.7 Å². The second kappa shape index (κ2) is 5.88. The summed E-state index contributed by atoms with van der Waals surface area (Å²) in [5.41, 5.74) is 0.571. The van der Waals surface area contributed by atoms with Gasteiger partial charge in [0.15, 0.2) is 15.0 Å². The first-order valence-corrected chi connectivity index (χ1v) is 10.8. The zero-order valence-corrected chi connectivity index (χ0v) is 15.3. The Labute approximate surface area is 153 Å². The van der Waals surface area contributed by atoms with Crippen molar-refractivity contribution in [3.8, 4) is 0 Å². The van der Waals surface area contributed by atoms with Gasteiger partial charge in [0.05, 0.1) is 21.0 Å². The Balaban J connectivity index is 1.60. The second-order valence-corrected chi connectivity index (χ2v) is 9.78. The summed E-state index contributed by atoms with van der Waals surface area (Å²) in [6.07, 6.45) is 5.51. The molecule has 4 atom stereocenters. The van der Waals surface area contributed by atoms with Crippen LogP contribution in [0.4, 0.5) is 5.13 Å². The van der Waals surface area contributed by atoms with Crippen LogP contribution in [0.3, 0.4) is 0 Å². The molecule has 26 heavy (non-hydrogen) atoms. The van der Waals surface area contributed by atoms with E-state index in [0.29, 0.717) is 21.8 Å². The van der Waals surface area contributed by atoms with Gasteiger partial charge in [-0.25, -0.2) is 13.4 Å². The van der Waals surface area contributed by atoms with Gasteiger partial charge in [-0.05, 0) is 36.5 Å². The molecule has 0 radical (unpaired) electrons. The first-order chi connectivity index (χ1) is 12.2. The molecule has 0 spiro atoms. The van der Waals surface area contributed by atoms with Crippen LogP contribution in [-0.2, 0) is 19.4 Å². The smallest absolute Gasteiger partial charge is 0.230 e. The van der Waals surface area contributed by atoms with E-state index in [0.717, 1.165) is 17.6 Å². The molecule has 4 rings (SSSR count). The molecule has 2 aliphatic rings. The van der Waals surface area contributed by atoms with Gasteiger partial charge < -0.3 is 15.2 Å². The summed E-state index contributed by atoms with van der Waals surface area (Å²) in [6.45, 7) is 0. The number of carboxylic acids is 1. The number of nitrogens with zero attached hydrogens (tertiary/aromatic N) is 1. The molecule has 9 heteroatoms. The van der Waals surface area contributed by atoms with E-state index in [-0.39, 0.29) is 16.7 Å². The Morgan fingerprint density at radius 1 is 1.23 bits per heavy atom. The van der Waals surface area contributed by atoms with E-state index in [1.165, 1.54) is 12.1 Å². The van der Waals surface area contributed by atoms with Crippen LogP contribution in [0.15, 0.2) is 35.2 Å². The van der Waals surface area contributed by atoms with Gasteiger partial charge >= 0.3 is 0 Å². The summed E-state index contributed by atoms with van der Waals surface area (Å²) >= 11 is 1.16. The normalized spacial score (nSPS) is 27.1. The molecule has 0 unspecified atom stereocenters. The Morgan fingerprint density at radius 2 is 1.92 bits per heavy atom. The topological polar surface area (TPSA) is 116 Å². The van der Waals surface area contributed by atoms with Crippen molar-refractivity contribution in [3.05, 3.63) is 30.4 Å². The van der Waals surface area contributed by atoms with Gasteiger partial charge in [0, 0.05) is 18.1 Å². The molecule has 1 fully saturated rings. The minimum Gasteiger partial charge on any atom is -0.550 e. The first-order valence-electron chi connectivity index (χ1n) is 8.05. The van der Waals surface area contributed by atoms with Crippen molar-refractivity contribution in [1.29, 1.82) is 0 Å². The lowest BCUT2D eigenvalue weighted by Crippen LogP contribution is -2.42. The SMILES string of the molecule is CS(=O)(=O)c1ccc2nc(NC(=O)[C@H]3[C@@H](C(=O)[O-])[C@H]4C=C[C@@H]3C4)sc2c1. The lowest BCUT2D eigenvalue weighted by molar-refractivity contribution is -0.313. The zero-order valence-electron chi connectivity index (χ0n) is 13.7. The van der Waals surface area contributed by atoms with Crippen LogP contribution in [-0.4, -0.2) is 31.5 Å². The summed E-state index contributed by atoms with van der Waals surface area (Å²) in [4.78, 5) is 28.6.